The van der Waals surface area contributed by atoms with Gasteiger partial charge in [0.2, 0.25) is 11.8 Å². The third-order valence-electron chi connectivity index (χ3n) is 5.73. The number of nitrogens with zero attached hydrogens (tertiary/aromatic N) is 2. The van der Waals surface area contributed by atoms with Crippen molar-refractivity contribution in [3.05, 3.63) is 0 Å². The van der Waals surface area contributed by atoms with Crippen LogP contribution in [-0.4, -0.2) is 86.3 Å². The van der Waals surface area contributed by atoms with Crippen molar-refractivity contribution in [2.24, 2.45) is 23.3 Å². The van der Waals surface area contributed by atoms with Crippen molar-refractivity contribution in [2.75, 3.05) is 52.6 Å². The molecule has 4 atom stereocenters. The second-order valence-corrected chi connectivity index (χ2v) is 7.70. The van der Waals surface area contributed by atoms with Gasteiger partial charge in [0.05, 0.1) is 38.5 Å². The molecule has 0 aromatic rings. The van der Waals surface area contributed by atoms with Crippen LogP contribution in [0.3, 0.4) is 0 Å². The van der Waals surface area contributed by atoms with Gasteiger partial charge in [-0.2, -0.15) is 0 Å². The molecule has 0 saturated carbocycles. The quantitative estimate of drug-likeness (QED) is 0.669. The minimum atomic E-state index is -0.506. The summed E-state index contributed by atoms with van der Waals surface area (Å²) in [7, 11) is 0. The summed E-state index contributed by atoms with van der Waals surface area (Å²) < 4.78 is 11.4. The number of carbonyl (C=O) groups excluding carboxylic acids is 2. The summed E-state index contributed by atoms with van der Waals surface area (Å²) in [6.45, 7) is 11.5. The first-order chi connectivity index (χ1) is 13.3. The van der Waals surface area contributed by atoms with Gasteiger partial charge < -0.3 is 30.7 Å². The topological polar surface area (TPSA) is 111 Å². The SMILES string of the molecule is CC[C@@H](C)[C@H](N)C(=O)N1CCOCCN(C(=O)[C@H](N)[C@@H](C)CC)CCOCC1. The Hall–Kier alpha value is -1.22. The number of carbonyl (C=O) groups is 2. The van der Waals surface area contributed by atoms with E-state index in [1.54, 1.807) is 9.80 Å². The van der Waals surface area contributed by atoms with Crippen molar-refractivity contribution in [3.63, 3.8) is 0 Å². The van der Waals surface area contributed by atoms with Crippen LogP contribution in [0.15, 0.2) is 0 Å². The van der Waals surface area contributed by atoms with Gasteiger partial charge in [-0.25, -0.2) is 0 Å². The van der Waals surface area contributed by atoms with Crippen LogP contribution < -0.4 is 11.5 Å². The van der Waals surface area contributed by atoms with Crippen molar-refractivity contribution < 1.29 is 19.1 Å². The van der Waals surface area contributed by atoms with Crippen molar-refractivity contribution in [1.29, 1.82) is 0 Å². The minimum Gasteiger partial charge on any atom is -0.378 e. The summed E-state index contributed by atoms with van der Waals surface area (Å²) in [6, 6.07) is -1.01. The van der Waals surface area contributed by atoms with Crippen LogP contribution in [0.25, 0.3) is 0 Å². The molecule has 0 unspecified atom stereocenters. The summed E-state index contributed by atoms with van der Waals surface area (Å²) in [6.07, 6.45) is 1.72. The second kappa shape index (κ2) is 13.1. The van der Waals surface area contributed by atoms with E-state index in [4.69, 9.17) is 20.9 Å². The van der Waals surface area contributed by atoms with E-state index in [0.717, 1.165) is 12.8 Å². The smallest absolute Gasteiger partial charge is 0.239 e. The van der Waals surface area contributed by atoms with Gasteiger partial charge in [0.15, 0.2) is 0 Å². The monoisotopic (exact) mass is 400 g/mol. The molecule has 0 aromatic heterocycles. The lowest BCUT2D eigenvalue weighted by molar-refractivity contribution is -0.137. The van der Waals surface area contributed by atoms with Crippen molar-refractivity contribution >= 4 is 11.8 Å². The van der Waals surface area contributed by atoms with Gasteiger partial charge in [-0.3, -0.25) is 9.59 Å². The highest BCUT2D eigenvalue weighted by molar-refractivity contribution is 5.82. The molecule has 1 fully saturated rings. The van der Waals surface area contributed by atoms with E-state index < -0.39 is 12.1 Å². The average molecular weight is 401 g/mol. The van der Waals surface area contributed by atoms with Gasteiger partial charge in [-0.05, 0) is 11.8 Å². The first-order valence-corrected chi connectivity index (χ1v) is 10.6. The number of ether oxygens (including phenoxy) is 2. The van der Waals surface area contributed by atoms with Gasteiger partial charge in [0.25, 0.3) is 0 Å². The van der Waals surface area contributed by atoms with Crippen LogP contribution >= 0.6 is 0 Å². The molecule has 1 rings (SSSR count). The van der Waals surface area contributed by atoms with Gasteiger partial charge in [0, 0.05) is 26.2 Å². The van der Waals surface area contributed by atoms with Crippen LogP contribution in [0.1, 0.15) is 40.5 Å². The summed E-state index contributed by atoms with van der Waals surface area (Å²) in [5.74, 6) is 0.139. The summed E-state index contributed by atoms with van der Waals surface area (Å²) >= 11 is 0. The number of rotatable bonds is 6. The predicted molar refractivity (Wildman–Crippen MR) is 110 cm³/mol. The molecular weight excluding hydrogens is 360 g/mol. The van der Waals surface area contributed by atoms with Crippen molar-refractivity contribution in [3.8, 4) is 0 Å². The first kappa shape index (κ1) is 24.8. The summed E-state index contributed by atoms with van der Waals surface area (Å²) in [5.41, 5.74) is 12.2. The van der Waals surface area contributed by atoms with E-state index in [1.165, 1.54) is 0 Å². The third kappa shape index (κ3) is 7.66. The van der Waals surface area contributed by atoms with Crippen molar-refractivity contribution in [2.45, 2.75) is 52.6 Å². The normalized spacial score (nSPS) is 21.8. The Morgan fingerprint density at radius 2 is 1.04 bits per heavy atom. The lowest BCUT2D eigenvalue weighted by Gasteiger charge is -2.30. The Bertz CT molecular complexity index is 423. The predicted octanol–water partition coefficient (Wildman–Crippen LogP) is 0.437. The van der Waals surface area contributed by atoms with E-state index in [-0.39, 0.29) is 23.7 Å². The molecule has 8 heteroatoms. The minimum absolute atomic E-state index is 0.0602. The molecule has 0 radical (unpaired) electrons. The molecular formula is C20H40N4O4. The first-order valence-electron chi connectivity index (χ1n) is 10.6. The fraction of sp³-hybridized carbons (Fsp3) is 0.900. The van der Waals surface area contributed by atoms with Crippen LogP contribution in [0.4, 0.5) is 0 Å². The molecule has 1 aliphatic rings. The molecule has 2 amide bonds. The van der Waals surface area contributed by atoms with E-state index in [1.807, 2.05) is 27.7 Å². The van der Waals surface area contributed by atoms with E-state index in [0.29, 0.717) is 52.6 Å². The summed E-state index contributed by atoms with van der Waals surface area (Å²) in [5, 5.41) is 0. The molecule has 4 N–H and O–H groups in total. The molecule has 164 valence electrons. The van der Waals surface area contributed by atoms with Gasteiger partial charge in [0.1, 0.15) is 0 Å². The Morgan fingerprint density at radius 1 is 0.750 bits per heavy atom. The number of hydrogen-bond acceptors (Lipinski definition) is 6. The van der Waals surface area contributed by atoms with Gasteiger partial charge in [-0.15, -0.1) is 0 Å². The molecule has 28 heavy (non-hydrogen) atoms. The highest BCUT2D eigenvalue weighted by Gasteiger charge is 2.26. The Kier molecular flexibility index (Phi) is 11.6. The maximum atomic E-state index is 12.6. The zero-order valence-corrected chi connectivity index (χ0v) is 18.1. The lowest BCUT2D eigenvalue weighted by atomic mass is 9.99. The fourth-order valence-electron chi connectivity index (χ4n) is 2.98. The molecule has 0 spiro atoms. The molecule has 0 aromatic carbocycles. The fourth-order valence-corrected chi connectivity index (χ4v) is 2.98. The van der Waals surface area contributed by atoms with Crippen LogP contribution in [-0.2, 0) is 19.1 Å². The maximum absolute atomic E-state index is 12.6. The lowest BCUT2D eigenvalue weighted by Crippen LogP contribution is -2.50. The zero-order valence-electron chi connectivity index (χ0n) is 18.1. The highest BCUT2D eigenvalue weighted by Crippen LogP contribution is 2.10. The van der Waals surface area contributed by atoms with Crippen molar-refractivity contribution in [1.82, 2.24) is 9.80 Å². The second-order valence-electron chi connectivity index (χ2n) is 7.70. The van der Waals surface area contributed by atoms with Crippen LogP contribution in [0.5, 0.6) is 0 Å². The molecule has 1 saturated heterocycles. The maximum Gasteiger partial charge on any atom is 0.239 e. The highest BCUT2D eigenvalue weighted by atomic mass is 16.5. The van der Waals surface area contributed by atoms with Crippen LogP contribution in [0.2, 0.25) is 0 Å². The Morgan fingerprint density at radius 3 is 1.29 bits per heavy atom. The Labute approximate surface area is 169 Å². The number of amides is 2. The third-order valence-corrected chi connectivity index (χ3v) is 5.73. The van der Waals surface area contributed by atoms with Gasteiger partial charge in [-0.1, -0.05) is 40.5 Å². The number of nitrogens with two attached hydrogens (primary N) is 2. The molecule has 8 nitrogen and oxygen atoms in total. The molecule has 0 bridgehead atoms. The van der Waals surface area contributed by atoms with E-state index in [9.17, 15) is 9.59 Å². The molecule has 1 heterocycles. The number of hydrogen-bond donors (Lipinski definition) is 2. The Balaban J connectivity index is 2.61. The molecule has 1 aliphatic heterocycles. The molecule has 0 aliphatic carbocycles. The van der Waals surface area contributed by atoms with E-state index in [2.05, 4.69) is 0 Å². The standard InChI is InChI=1S/C20H40N4O4/c1-5-15(3)17(21)19(25)23-7-11-27-13-9-24(10-14-28-12-8-23)20(26)18(22)16(4)6-2/h15-18H,5-14,21-22H2,1-4H3/t15-,16+,17+,18-. The van der Waals surface area contributed by atoms with Crippen LogP contribution in [0, 0.1) is 11.8 Å². The zero-order chi connectivity index (χ0) is 21.1. The largest absolute Gasteiger partial charge is 0.378 e. The summed E-state index contributed by atoms with van der Waals surface area (Å²) in [4.78, 5) is 28.7. The van der Waals surface area contributed by atoms with E-state index >= 15 is 0 Å². The average Bonchev–Trinajstić information content (AvgIpc) is 2.70. The van der Waals surface area contributed by atoms with Gasteiger partial charge >= 0.3 is 0 Å².